The summed E-state index contributed by atoms with van der Waals surface area (Å²) in [4.78, 5) is 50.8. The topological polar surface area (TPSA) is 139 Å². The van der Waals surface area contributed by atoms with Crippen molar-refractivity contribution in [2.24, 2.45) is 5.92 Å². The number of carboxylic acid groups (broad SMARTS) is 2. The van der Waals surface area contributed by atoms with E-state index in [0.29, 0.717) is 11.3 Å². The van der Waals surface area contributed by atoms with E-state index in [1.165, 1.54) is 24.3 Å². The fourth-order valence-corrected chi connectivity index (χ4v) is 5.56. The molecule has 0 aromatic heterocycles. The Kier molecular flexibility index (Phi) is 7.12. The second-order valence-electron chi connectivity index (χ2n) is 9.32. The predicted octanol–water partition coefficient (Wildman–Crippen LogP) is 3.84. The number of carboxylic acids is 2. The summed E-state index contributed by atoms with van der Waals surface area (Å²) in [6, 6.07) is 14.4. The van der Waals surface area contributed by atoms with Crippen LogP contribution in [0.5, 0.6) is 0 Å². The number of carbonyl (C=O) groups is 4. The van der Waals surface area contributed by atoms with Crippen LogP contribution in [0.15, 0.2) is 54.6 Å². The van der Waals surface area contributed by atoms with Gasteiger partial charge in [-0.1, -0.05) is 43.2 Å². The number of esters is 1. The van der Waals surface area contributed by atoms with Crippen molar-refractivity contribution >= 4 is 29.5 Å². The quantitative estimate of drug-likeness (QED) is 0.470. The number of nitrogens with one attached hydrogen (secondary N) is 1. The molecule has 0 aliphatic heterocycles. The molecule has 0 saturated heterocycles. The molecular weight excluding hydrogens is 466 g/mol. The highest BCUT2D eigenvalue weighted by molar-refractivity contribution is 5.99. The van der Waals surface area contributed by atoms with Crippen LogP contribution < -0.4 is 5.32 Å². The predicted molar refractivity (Wildman–Crippen MR) is 129 cm³/mol. The number of amides is 1. The fraction of sp³-hybridized carbons (Fsp3) is 0.407. The maximum absolute atomic E-state index is 13.2. The van der Waals surface area contributed by atoms with Crippen LogP contribution in [0, 0.1) is 5.92 Å². The molecule has 0 radical (unpaired) electrons. The third-order valence-corrected chi connectivity index (χ3v) is 7.46. The Morgan fingerprint density at radius 1 is 0.889 bits per heavy atom. The molecule has 9 heteroatoms. The molecule has 2 aliphatic carbocycles. The van der Waals surface area contributed by atoms with Crippen LogP contribution in [0.25, 0.3) is 0 Å². The molecule has 3 N–H and O–H groups in total. The summed E-state index contributed by atoms with van der Waals surface area (Å²) in [6.07, 6.45) is 3.71. The summed E-state index contributed by atoms with van der Waals surface area (Å²) < 4.78 is 11.0. The molecule has 0 heterocycles. The highest BCUT2D eigenvalue weighted by atomic mass is 16.6. The van der Waals surface area contributed by atoms with Gasteiger partial charge < -0.3 is 25.0 Å². The second-order valence-corrected chi connectivity index (χ2v) is 9.32. The minimum absolute atomic E-state index is 0.0172. The smallest absolute Gasteiger partial charge is 0.352 e. The van der Waals surface area contributed by atoms with E-state index in [0.717, 1.165) is 32.8 Å². The second kappa shape index (κ2) is 10.1. The van der Waals surface area contributed by atoms with Gasteiger partial charge in [0.1, 0.15) is 0 Å². The number of ether oxygens (including phenoxy) is 2. The SMILES string of the molecule is COC1(C(=O)O)CCC(c2ccccc2)C1(OC(=O)c1ccc(NC(=O)C2CCCC2)cc1)C(=O)O. The average Bonchev–Trinajstić information content (AvgIpc) is 3.53. The molecule has 190 valence electrons. The molecule has 2 fully saturated rings. The molecule has 9 nitrogen and oxygen atoms in total. The molecule has 36 heavy (non-hydrogen) atoms. The average molecular weight is 496 g/mol. The van der Waals surface area contributed by atoms with E-state index in [1.54, 1.807) is 30.3 Å². The Hall–Kier alpha value is -3.72. The van der Waals surface area contributed by atoms with Crippen LogP contribution >= 0.6 is 0 Å². The first-order valence-electron chi connectivity index (χ1n) is 12.0. The van der Waals surface area contributed by atoms with Crippen LogP contribution in [-0.2, 0) is 23.9 Å². The van der Waals surface area contributed by atoms with E-state index in [2.05, 4.69) is 5.32 Å². The summed E-state index contributed by atoms with van der Waals surface area (Å²) in [6.45, 7) is 0. The molecule has 0 spiro atoms. The van der Waals surface area contributed by atoms with Crippen molar-refractivity contribution < 1.29 is 38.9 Å². The van der Waals surface area contributed by atoms with Gasteiger partial charge in [0, 0.05) is 24.6 Å². The number of hydrogen-bond acceptors (Lipinski definition) is 6. The summed E-state index contributed by atoms with van der Waals surface area (Å²) in [7, 11) is 1.11. The zero-order valence-electron chi connectivity index (χ0n) is 19.9. The standard InChI is InChI=1S/C27H29NO8/c1-35-26(24(31)32)16-15-21(17-7-3-2-4-8-17)27(26,25(33)34)36-23(30)19-11-13-20(14-12-19)28-22(29)18-9-5-6-10-18/h2-4,7-8,11-14,18,21H,5-6,9-10,15-16H2,1H3,(H,28,29)(H,31,32)(H,33,34). The zero-order chi connectivity index (χ0) is 25.9. The summed E-state index contributed by atoms with van der Waals surface area (Å²) in [5.74, 6) is -5.19. The van der Waals surface area contributed by atoms with Gasteiger partial charge in [0.2, 0.25) is 11.5 Å². The number of anilines is 1. The van der Waals surface area contributed by atoms with Crippen LogP contribution in [0.1, 0.15) is 60.4 Å². The monoisotopic (exact) mass is 495 g/mol. The van der Waals surface area contributed by atoms with Crippen molar-refractivity contribution in [2.75, 3.05) is 12.4 Å². The van der Waals surface area contributed by atoms with Crippen LogP contribution in [0.4, 0.5) is 5.69 Å². The number of methoxy groups -OCH3 is 1. The lowest BCUT2D eigenvalue weighted by Crippen LogP contribution is -2.65. The first-order chi connectivity index (χ1) is 17.2. The molecule has 4 rings (SSSR count). The van der Waals surface area contributed by atoms with Gasteiger partial charge in [-0.2, -0.15) is 0 Å². The molecule has 1 amide bonds. The third kappa shape index (κ3) is 4.24. The van der Waals surface area contributed by atoms with Crippen molar-refractivity contribution in [3.63, 3.8) is 0 Å². The van der Waals surface area contributed by atoms with Gasteiger partial charge in [0.25, 0.3) is 5.60 Å². The Bertz CT molecular complexity index is 1140. The van der Waals surface area contributed by atoms with Gasteiger partial charge in [-0.25, -0.2) is 14.4 Å². The number of aliphatic carboxylic acids is 2. The largest absolute Gasteiger partial charge is 0.479 e. The normalized spacial score (nSPS) is 25.9. The molecule has 3 unspecified atom stereocenters. The van der Waals surface area contributed by atoms with Gasteiger partial charge >= 0.3 is 17.9 Å². The van der Waals surface area contributed by atoms with Crippen LogP contribution in [-0.4, -0.2) is 52.3 Å². The van der Waals surface area contributed by atoms with Crippen LogP contribution in [0.3, 0.4) is 0 Å². The summed E-state index contributed by atoms with van der Waals surface area (Å²) in [5, 5.41) is 23.3. The Balaban J connectivity index is 1.64. The van der Waals surface area contributed by atoms with E-state index in [1.807, 2.05) is 0 Å². The van der Waals surface area contributed by atoms with E-state index in [4.69, 9.17) is 9.47 Å². The molecular formula is C27H29NO8. The fourth-order valence-electron chi connectivity index (χ4n) is 5.56. The van der Waals surface area contributed by atoms with Crippen molar-refractivity contribution in [2.45, 2.75) is 55.6 Å². The highest BCUT2D eigenvalue weighted by Gasteiger charge is 2.73. The molecule has 3 atom stereocenters. The minimum atomic E-state index is -2.51. The molecule has 2 aromatic rings. The summed E-state index contributed by atoms with van der Waals surface area (Å²) in [5.41, 5.74) is -3.76. The Morgan fingerprint density at radius 2 is 1.53 bits per heavy atom. The van der Waals surface area contributed by atoms with Gasteiger partial charge in [-0.15, -0.1) is 0 Å². The minimum Gasteiger partial charge on any atom is -0.479 e. The maximum atomic E-state index is 13.2. The van der Waals surface area contributed by atoms with Crippen molar-refractivity contribution in [1.82, 2.24) is 0 Å². The number of rotatable bonds is 8. The van der Waals surface area contributed by atoms with E-state index in [9.17, 15) is 29.4 Å². The first kappa shape index (κ1) is 25.4. The van der Waals surface area contributed by atoms with Crippen molar-refractivity contribution in [3.8, 4) is 0 Å². The van der Waals surface area contributed by atoms with Gasteiger partial charge in [-0.05, 0) is 55.5 Å². The van der Waals surface area contributed by atoms with Gasteiger partial charge in [0.15, 0.2) is 0 Å². The molecule has 0 bridgehead atoms. The first-order valence-corrected chi connectivity index (χ1v) is 12.0. The Morgan fingerprint density at radius 3 is 2.08 bits per heavy atom. The number of carbonyl (C=O) groups excluding carboxylic acids is 2. The van der Waals surface area contributed by atoms with Crippen molar-refractivity contribution in [1.29, 1.82) is 0 Å². The zero-order valence-corrected chi connectivity index (χ0v) is 19.9. The van der Waals surface area contributed by atoms with Gasteiger partial charge in [0.05, 0.1) is 5.56 Å². The lowest BCUT2D eigenvalue weighted by atomic mass is 9.77. The lowest BCUT2D eigenvalue weighted by Gasteiger charge is -2.40. The summed E-state index contributed by atoms with van der Waals surface area (Å²) >= 11 is 0. The van der Waals surface area contributed by atoms with E-state index in [-0.39, 0.29) is 30.2 Å². The lowest BCUT2D eigenvalue weighted by molar-refractivity contribution is -0.208. The van der Waals surface area contributed by atoms with Gasteiger partial charge in [-0.3, -0.25) is 4.79 Å². The number of hydrogen-bond donors (Lipinski definition) is 3. The Labute approximate surface area is 208 Å². The third-order valence-electron chi connectivity index (χ3n) is 7.46. The molecule has 2 aromatic carbocycles. The van der Waals surface area contributed by atoms with Crippen LogP contribution in [0.2, 0.25) is 0 Å². The maximum Gasteiger partial charge on any atom is 0.352 e. The number of benzene rings is 2. The van der Waals surface area contributed by atoms with E-state index < -0.39 is 35.0 Å². The molecule has 2 saturated carbocycles. The molecule has 2 aliphatic rings. The van der Waals surface area contributed by atoms with E-state index >= 15 is 0 Å². The highest BCUT2D eigenvalue weighted by Crippen LogP contribution is 2.54. The van der Waals surface area contributed by atoms with Crippen molar-refractivity contribution in [3.05, 3.63) is 65.7 Å².